The minimum Gasteiger partial charge on any atom is -0.353 e. The highest BCUT2D eigenvalue weighted by molar-refractivity contribution is 4.62. The molecular weight excluding hydrogens is 152 g/mol. The molecule has 1 heterocycles. The highest BCUT2D eigenvalue weighted by Crippen LogP contribution is 2.16. The van der Waals surface area contributed by atoms with Gasteiger partial charge in [-0.3, -0.25) is 0 Å². The van der Waals surface area contributed by atoms with Crippen molar-refractivity contribution in [3.05, 3.63) is 6.92 Å². The molecule has 12 heavy (non-hydrogen) atoms. The third-order valence-corrected chi connectivity index (χ3v) is 2.09. The maximum absolute atomic E-state index is 5.60. The second-order valence-corrected chi connectivity index (χ2v) is 3.34. The van der Waals surface area contributed by atoms with Crippen LogP contribution in [0.2, 0.25) is 0 Å². The van der Waals surface area contributed by atoms with Crippen molar-refractivity contribution >= 4 is 0 Å². The summed E-state index contributed by atoms with van der Waals surface area (Å²) in [6, 6.07) is 0. The molecule has 0 aromatic heterocycles. The van der Waals surface area contributed by atoms with Crippen LogP contribution in [-0.2, 0) is 9.47 Å². The lowest BCUT2D eigenvalue weighted by Gasteiger charge is -2.25. The zero-order valence-corrected chi connectivity index (χ0v) is 7.92. The Morgan fingerprint density at radius 1 is 1.58 bits per heavy atom. The first-order chi connectivity index (χ1) is 5.83. The Hall–Kier alpha value is -0.0800. The summed E-state index contributed by atoms with van der Waals surface area (Å²) in [6.07, 6.45) is 5.72. The highest BCUT2D eigenvalue weighted by atomic mass is 16.7. The van der Waals surface area contributed by atoms with E-state index in [1.165, 1.54) is 12.8 Å². The van der Waals surface area contributed by atoms with E-state index in [0.717, 1.165) is 25.9 Å². The van der Waals surface area contributed by atoms with Crippen molar-refractivity contribution in [1.29, 1.82) is 0 Å². The first-order valence-electron chi connectivity index (χ1n) is 4.93. The molecule has 0 N–H and O–H groups in total. The Labute approximate surface area is 75.2 Å². The van der Waals surface area contributed by atoms with E-state index in [0.29, 0.717) is 0 Å². The number of hydrogen-bond donors (Lipinski definition) is 0. The SMILES string of the molecule is [CH2]C(CCC)OC1CCCCO1. The van der Waals surface area contributed by atoms with Crippen LogP contribution in [0.5, 0.6) is 0 Å². The van der Waals surface area contributed by atoms with Gasteiger partial charge >= 0.3 is 0 Å². The fourth-order valence-electron chi connectivity index (χ4n) is 1.42. The van der Waals surface area contributed by atoms with Crippen LogP contribution in [0.1, 0.15) is 39.0 Å². The van der Waals surface area contributed by atoms with Gasteiger partial charge in [0.05, 0.1) is 6.10 Å². The van der Waals surface area contributed by atoms with Crippen molar-refractivity contribution < 1.29 is 9.47 Å². The molecule has 1 saturated heterocycles. The predicted octanol–water partition coefficient (Wildman–Crippen LogP) is 2.53. The van der Waals surface area contributed by atoms with Crippen LogP contribution in [0.3, 0.4) is 0 Å². The number of rotatable bonds is 4. The number of ether oxygens (including phenoxy) is 2. The second-order valence-electron chi connectivity index (χ2n) is 3.34. The van der Waals surface area contributed by atoms with Gasteiger partial charge in [-0.25, -0.2) is 0 Å². The zero-order valence-electron chi connectivity index (χ0n) is 7.92. The predicted molar refractivity (Wildman–Crippen MR) is 48.7 cm³/mol. The van der Waals surface area contributed by atoms with Gasteiger partial charge in [-0.05, 0) is 32.6 Å². The minimum atomic E-state index is 0.0211. The van der Waals surface area contributed by atoms with Gasteiger partial charge in [-0.15, -0.1) is 0 Å². The van der Waals surface area contributed by atoms with Crippen LogP contribution in [0.25, 0.3) is 0 Å². The minimum absolute atomic E-state index is 0.0211. The molecule has 0 amide bonds. The van der Waals surface area contributed by atoms with E-state index in [4.69, 9.17) is 9.47 Å². The third-order valence-electron chi connectivity index (χ3n) is 2.09. The van der Waals surface area contributed by atoms with Crippen LogP contribution in [0.4, 0.5) is 0 Å². The van der Waals surface area contributed by atoms with Gasteiger partial charge < -0.3 is 9.47 Å². The highest BCUT2D eigenvalue weighted by Gasteiger charge is 2.16. The summed E-state index contributed by atoms with van der Waals surface area (Å²) in [5.41, 5.74) is 0. The van der Waals surface area contributed by atoms with Crippen LogP contribution < -0.4 is 0 Å². The standard InChI is InChI=1S/C10H19O2/c1-3-6-9(2)12-10-7-4-5-8-11-10/h9-10H,2-8H2,1H3. The van der Waals surface area contributed by atoms with Crippen molar-refractivity contribution in [3.8, 4) is 0 Å². The van der Waals surface area contributed by atoms with Gasteiger partial charge in [0, 0.05) is 6.61 Å². The maximum Gasteiger partial charge on any atom is 0.157 e. The van der Waals surface area contributed by atoms with Crippen LogP contribution in [0.15, 0.2) is 0 Å². The van der Waals surface area contributed by atoms with Crippen molar-refractivity contribution in [3.63, 3.8) is 0 Å². The molecule has 1 rings (SSSR count). The van der Waals surface area contributed by atoms with Crippen molar-refractivity contribution in [1.82, 2.24) is 0 Å². The topological polar surface area (TPSA) is 18.5 Å². The van der Waals surface area contributed by atoms with E-state index in [1.807, 2.05) is 0 Å². The van der Waals surface area contributed by atoms with Crippen molar-refractivity contribution in [2.75, 3.05) is 6.61 Å². The largest absolute Gasteiger partial charge is 0.353 e. The molecule has 2 heteroatoms. The molecule has 0 aromatic carbocycles. The molecule has 0 aromatic rings. The van der Waals surface area contributed by atoms with Gasteiger partial charge in [-0.1, -0.05) is 13.3 Å². The fourth-order valence-corrected chi connectivity index (χ4v) is 1.42. The fraction of sp³-hybridized carbons (Fsp3) is 0.900. The summed E-state index contributed by atoms with van der Waals surface area (Å²) in [5.74, 6) is 0. The molecular formula is C10H19O2. The van der Waals surface area contributed by atoms with Crippen LogP contribution in [0, 0.1) is 6.92 Å². The Morgan fingerprint density at radius 2 is 2.42 bits per heavy atom. The molecule has 2 unspecified atom stereocenters. The molecule has 0 spiro atoms. The Kier molecular flexibility index (Phi) is 4.62. The summed E-state index contributed by atoms with van der Waals surface area (Å²) in [4.78, 5) is 0. The van der Waals surface area contributed by atoms with E-state index in [9.17, 15) is 0 Å². The van der Waals surface area contributed by atoms with Gasteiger partial charge in [0.1, 0.15) is 0 Å². The summed E-state index contributed by atoms with van der Waals surface area (Å²) in [5, 5.41) is 0. The van der Waals surface area contributed by atoms with Gasteiger partial charge in [0.15, 0.2) is 6.29 Å². The lowest BCUT2D eigenvalue weighted by Crippen LogP contribution is -2.26. The molecule has 1 aliphatic rings. The third kappa shape index (κ3) is 3.55. The lowest BCUT2D eigenvalue weighted by molar-refractivity contribution is -0.180. The Balaban J connectivity index is 2.11. The molecule has 0 saturated carbocycles. The first-order valence-corrected chi connectivity index (χ1v) is 4.93. The van der Waals surface area contributed by atoms with E-state index >= 15 is 0 Å². The van der Waals surface area contributed by atoms with Gasteiger partial charge in [-0.2, -0.15) is 0 Å². The van der Waals surface area contributed by atoms with Gasteiger partial charge in [0.25, 0.3) is 0 Å². The molecule has 71 valence electrons. The van der Waals surface area contributed by atoms with Crippen molar-refractivity contribution in [2.45, 2.75) is 51.4 Å². The van der Waals surface area contributed by atoms with Crippen LogP contribution >= 0.6 is 0 Å². The molecule has 1 radical (unpaired) electrons. The average molecular weight is 171 g/mol. The monoisotopic (exact) mass is 171 g/mol. The summed E-state index contributed by atoms with van der Waals surface area (Å²) >= 11 is 0. The van der Waals surface area contributed by atoms with E-state index < -0.39 is 0 Å². The van der Waals surface area contributed by atoms with Crippen LogP contribution in [-0.4, -0.2) is 19.0 Å². The molecule has 0 bridgehead atoms. The zero-order chi connectivity index (χ0) is 8.81. The molecule has 1 fully saturated rings. The lowest BCUT2D eigenvalue weighted by atomic mass is 10.2. The average Bonchev–Trinajstić information content (AvgIpc) is 2.06. The summed E-state index contributed by atoms with van der Waals surface area (Å²) in [6.45, 7) is 6.91. The molecule has 2 nitrogen and oxygen atoms in total. The van der Waals surface area contributed by atoms with Crippen molar-refractivity contribution in [2.24, 2.45) is 0 Å². The molecule has 0 aliphatic carbocycles. The van der Waals surface area contributed by atoms with E-state index in [2.05, 4.69) is 13.8 Å². The molecule has 2 atom stereocenters. The Morgan fingerprint density at radius 3 is 3.00 bits per heavy atom. The number of hydrogen-bond acceptors (Lipinski definition) is 2. The second kappa shape index (κ2) is 5.55. The quantitative estimate of drug-likeness (QED) is 0.647. The smallest absolute Gasteiger partial charge is 0.157 e. The first kappa shape index (κ1) is 10.0. The molecule has 1 aliphatic heterocycles. The Bertz CT molecular complexity index is 108. The van der Waals surface area contributed by atoms with E-state index in [1.54, 1.807) is 0 Å². The maximum atomic E-state index is 5.60. The summed E-state index contributed by atoms with van der Waals surface area (Å²) in [7, 11) is 0. The summed E-state index contributed by atoms with van der Waals surface area (Å²) < 4.78 is 11.0. The normalized spacial score (nSPS) is 27.0. The van der Waals surface area contributed by atoms with Gasteiger partial charge in [0.2, 0.25) is 0 Å². The van der Waals surface area contributed by atoms with E-state index in [-0.39, 0.29) is 12.4 Å².